The van der Waals surface area contributed by atoms with Crippen LogP contribution in [-0.4, -0.2) is 21.7 Å². The Morgan fingerprint density at radius 1 is 1.52 bits per heavy atom. The molecule has 0 radical (unpaired) electrons. The summed E-state index contributed by atoms with van der Waals surface area (Å²) in [6.45, 7) is 0. The summed E-state index contributed by atoms with van der Waals surface area (Å²) in [5.41, 5.74) is 0.0791. The van der Waals surface area contributed by atoms with Gasteiger partial charge in [0.25, 0.3) is 0 Å². The first-order valence-electron chi connectivity index (χ1n) is 6.64. The van der Waals surface area contributed by atoms with E-state index < -0.39 is 11.6 Å². The van der Waals surface area contributed by atoms with Gasteiger partial charge in [-0.25, -0.2) is 0 Å². The van der Waals surface area contributed by atoms with Gasteiger partial charge in [-0.3, -0.25) is 9.78 Å². The molecule has 21 heavy (non-hydrogen) atoms. The fourth-order valence-corrected chi connectivity index (χ4v) is 3.74. The van der Waals surface area contributed by atoms with E-state index >= 15 is 0 Å². The molecule has 0 atom stereocenters. The first kappa shape index (κ1) is 14.8. The van der Waals surface area contributed by atoms with Crippen molar-refractivity contribution in [3.63, 3.8) is 0 Å². The van der Waals surface area contributed by atoms with Gasteiger partial charge in [0.15, 0.2) is 5.75 Å². The SMILES string of the molecule is O=C(O)CC1(Oc2c(I)cc(Cl)c3cccnc23)CCC1. The monoisotopic (exact) mass is 417 g/mol. The highest BCUT2D eigenvalue weighted by Crippen LogP contribution is 2.43. The third-order valence-electron chi connectivity index (χ3n) is 3.81. The third-order valence-corrected chi connectivity index (χ3v) is 4.92. The minimum atomic E-state index is -0.837. The Kier molecular flexibility index (Phi) is 3.96. The maximum absolute atomic E-state index is 11.1. The first-order valence-corrected chi connectivity index (χ1v) is 8.10. The second-order valence-corrected chi connectivity index (χ2v) is 6.85. The van der Waals surface area contributed by atoms with Gasteiger partial charge in [0.1, 0.15) is 11.1 Å². The molecule has 0 spiro atoms. The summed E-state index contributed by atoms with van der Waals surface area (Å²) in [6.07, 6.45) is 4.20. The predicted molar refractivity (Wildman–Crippen MR) is 88.9 cm³/mol. The molecule has 0 bridgehead atoms. The number of hydrogen-bond donors (Lipinski definition) is 1. The van der Waals surface area contributed by atoms with E-state index in [0.717, 1.165) is 28.2 Å². The zero-order chi connectivity index (χ0) is 15.0. The van der Waals surface area contributed by atoms with Crippen LogP contribution in [0.25, 0.3) is 10.9 Å². The van der Waals surface area contributed by atoms with E-state index in [1.54, 1.807) is 6.20 Å². The molecule has 1 saturated carbocycles. The number of benzene rings is 1. The molecule has 110 valence electrons. The Morgan fingerprint density at radius 3 is 2.90 bits per heavy atom. The summed E-state index contributed by atoms with van der Waals surface area (Å²) in [5, 5.41) is 10.5. The zero-order valence-electron chi connectivity index (χ0n) is 11.1. The number of nitrogens with zero attached hydrogens (tertiary/aromatic N) is 1. The van der Waals surface area contributed by atoms with Gasteiger partial charge in [-0.1, -0.05) is 11.6 Å². The van der Waals surface area contributed by atoms with E-state index in [1.807, 2.05) is 18.2 Å². The number of hydrogen-bond acceptors (Lipinski definition) is 3. The van der Waals surface area contributed by atoms with Crippen molar-refractivity contribution < 1.29 is 14.6 Å². The Morgan fingerprint density at radius 2 is 2.29 bits per heavy atom. The summed E-state index contributed by atoms with van der Waals surface area (Å²) >= 11 is 8.39. The number of halogens is 2. The molecular formula is C15H13ClINO3. The second kappa shape index (κ2) is 5.61. The minimum absolute atomic E-state index is 0.0139. The molecule has 1 heterocycles. The Balaban J connectivity index is 2.06. The molecule has 1 fully saturated rings. The van der Waals surface area contributed by atoms with E-state index in [4.69, 9.17) is 21.4 Å². The Bertz CT molecular complexity index is 715. The molecule has 4 nitrogen and oxygen atoms in total. The number of fused-ring (bicyclic) bond motifs is 1. The van der Waals surface area contributed by atoms with Gasteiger partial charge in [0, 0.05) is 11.6 Å². The average molecular weight is 418 g/mol. The molecule has 2 aromatic rings. The lowest BCUT2D eigenvalue weighted by Gasteiger charge is -2.41. The fraction of sp³-hybridized carbons (Fsp3) is 0.333. The summed E-state index contributed by atoms with van der Waals surface area (Å²) in [7, 11) is 0. The molecule has 0 aliphatic heterocycles. The van der Waals surface area contributed by atoms with Crippen LogP contribution in [0, 0.1) is 3.57 Å². The molecule has 0 unspecified atom stereocenters. The summed E-state index contributed by atoms with van der Waals surface area (Å²) in [5.74, 6) is -0.201. The molecular weight excluding hydrogens is 405 g/mol. The van der Waals surface area contributed by atoms with Gasteiger partial charge in [0.2, 0.25) is 0 Å². The van der Waals surface area contributed by atoms with Gasteiger partial charge < -0.3 is 9.84 Å². The van der Waals surface area contributed by atoms with E-state index in [1.165, 1.54) is 0 Å². The van der Waals surface area contributed by atoms with Crippen molar-refractivity contribution in [1.29, 1.82) is 0 Å². The molecule has 3 rings (SSSR count). The van der Waals surface area contributed by atoms with Crippen LogP contribution in [0.1, 0.15) is 25.7 Å². The van der Waals surface area contributed by atoms with Gasteiger partial charge in [-0.05, 0) is 60.1 Å². The largest absolute Gasteiger partial charge is 0.483 e. The number of carboxylic acid groups (broad SMARTS) is 1. The van der Waals surface area contributed by atoms with Crippen molar-refractivity contribution in [3.05, 3.63) is 33.0 Å². The van der Waals surface area contributed by atoms with E-state index in [9.17, 15) is 4.79 Å². The number of pyridine rings is 1. The van der Waals surface area contributed by atoms with Crippen LogP contribution < -0.4 is 4.74 Å². The highest BCUT2D eigenvalue weighted by molar-refractivity contribution is 14.1. The molecule has 1 aromatic heterocycles. The number of ether oxygens (including phenoxy) is 1. The van der Waals surface area contributed by atoms with Crippen molar-refractivity contribution in [2.24, 2.45) is 0 Å². The topological polar surface area (TPSA) is 59.4 Å². The summed E-state index contributed by atoms with van der Waals surface area (Å²) < 4.78 is 6.99. The first-order chi connectivity index (χ1) is 10.0. The van der Waals surface area contributed by atoms with Gasteiger partial charge in [-0.15, -0.1) is 0 Å². The normalized spacial score (nSPS) is 16.5. The van der Waals surface area contributed by atoms with Crippen molar-refractivity contribution in [2.75, 3.05) is 0 Å². The van der Waals surface area contributed by atoms with Crippen LogP contribution in [0.3, 0.4) is 0 Å². The molecule has 1 aliphatic rings. The zero-order valence-corrected chi connectivity index (χ0v) is 14.0. The van der Waals surface area contributed by atoms with Gasteiger partial charge in [0.05, 0.1) is 15.0 Å². The average Bonchev–Trinajstić information content (AvgIpc) is 2.40. The standard InChI is InChI=1S/C15H13ClINO3/c16-10-7-11(17)14(13-9(10)3-1-6-18-13)21-15(4-2-5-15)8-12(19)20/h1,3,6-7H,2,4-5,8H2,(H,19,20). The van der Waals surface area contributed by atoms with E-state index in [-0.39, 0.29) is 6.42 Å². The van der Waals surface area contributed by atoms with Crippen LogP contribution in [0.2, 0.25) is 5.02 Å². The van der Waals surface area contributed by atoms with Gasteiger partial charge >= 0.3 is 5.97 Å². The lowest BCUT2D eigenvalue weighted by Crippen LogP contribution is -2.45. The smallest absolute Gasteiger partial charge is 0.307 e. The Hall–Kier alpha value is -1.08. The van der Waals surface area contributed by atoms with Gasteiger partial charge in [-0.2, -0.15) is 0 Å². The summed E-state index contributed by atoms with van der Waals surface area (Å²) in [4.78, 5) is 15.4. The Labute approximate surface area is 140 Å². The third kappa shape index (κ3) is 2.81. The van der Waals surface area contributed by atoms with Crippen molar-refractivity contribution in [2.45, 2.75) is 31.3 Å². The number of carboxylic acids is 1. The lowest BCUT2D eigenvalue weighted by atomic mass is 9.77. The molecule has 1 N–H and O–H groups in total. The highest BCUT2D eigenvalue weighted by atomic mass is 127. The van der Waals surface area contributed by atoms with Crippen molar-refractivity contribution in [1.82, 2.24) is 4.98 Å². The predicted octanol–water partition coefficient (Wildman–Crippen LogP) is 4.27. The molecule has 0 amide bonds. The highest BCUT2D eigenvalue weighted by Gasteiger charge is 2.42. The van der Waals surface area contributed by atoms with Crippen LogP contribution in [0.4, 0.5) is 0 Å². The quantitative estimate of drug-likeness (QED) is 0.755. The van der Waals surface area contributed by atoms with Crippen molar-refractivity contribution >= 4 is 51.1 Å². The minimum Gasteiger partial charge on any atom is -0.483 e. The molecule has 0 saturated heterocycles. The lowest BCUT2D eigenvalue weighted by molar-refractivity contribution is -0.144. The summed E-state index contributed by atoms with van der Waals surface area (Å²) in [6, 6.07) is 5.54. The maximum atomic E-state index is 11.1. The van der Waals surface area contributed by atoms with Crippen LogP contribution in [-0.2, 0) is 4.79 Å². The number of carbonyl (C=O) groups is 1. The number of aromatic nitrogens is 1. The second-order valence-electron chi connectivity index (χ2n) is 5.28. The van der Waals surface area contributed by atoms with Crippen LogP contribution in [0.5, 0.6) is 5.75 Å². The fourth-order valence-electron chi connectivity index (χ4n) is 2.62. The molecule has 6 heteroatoms. The number of aliphatic carboxylic acids is 1. The van der Waals surface area contributed by atoms with Crippen LogP contribution in [0.15, 0.2) is 24.4 Å². The number of rotatable bonds is 4. The van der Waals surface area contributed by atoms with E-state index in [2.05, 4.69) is 27.6 Å². The molecule has 1 aliphatic carbocycles. The maximum Gasteiger partial charge on any atom is 0.307 e. The van der Waals surface area contributed by atoms with Crippen LogP contribution >= 0.6 is 34.2 Å². The van der Waals surface area contributed by atoms with Crippen molar-refractivity contribution in [3.8, 4) is 5.75 Å². The molecule has 1 aromatic carbocycles. The van der Waals surface area contributed by atoms with E-state index in [0.29, 0.717) is 16.3 Å².